The summed E-state index contributed by atoms with van der Waals surface area (Å²) in [7, 11) is 0. The number of benzene rings is 1. The molecule has 2 heterocycles. The average molecular weight is 359 g/mol. The normalized spacial score (nSPS) is 15.7. The number of urea groups is 1. The van der Waals surface area contributed by atoms with Gasteiger partial charge in [-0.2, -0.15) is 0 Å². The van der Waals surface area contributed by atoms with Gasteiger partial charge >= 0.3 is 11.7 Å². The minimum Gasteiger partial charge on any atom is -0.327 e. The van der Waals surface area contributed by atoms with Crippen molar-refractivity contribution in [3.63, 3.8) is 0 Å². The van der Waals surface area contributed by atoms with Crippen molar-refractivity contribution >= 4 is 17.5 Å². The van der Waals surface area contributed by atoms with Gasteiger partial charge in [0.15, 0.2) is 0 Å². The zero-order valence-corrected chi connectivity index (χ0v) is 13.9. The summed E-state index contributed by atoms with van der Waals surface area (Å²) in [5.41, 5.74) is -0.904. The van der Waals surface area contributed by atoms with Crippen LogP contribution < -0.4 is 21.9 Å². The van der Waals surface area contributed by atoms with E-state index in [2.05, 4.69) is 15.6 Å². The van der Waals surface area contributed by atoms with Crippen LogP contribution in [0.25, 0.3) is 0 Å². The minimum absolute atomic E-state index is 0.118. The van der Waals surface area contributed by atoms with Crippen LogP contribution in [-0.2, 0) is 6.54 Å². The zero-order chi connectivity index (χ0) is 18.8. The second-order valence-corrected chi connectivity index (χ2v) is 5.91. The lowest BCUT2D eigenvalue weighted by Crippen LogP contribution is -2.46. The highest BCUT2D eigenvalue weighted by Crippen LogP contribution is 2.30. The lowest BCUT2D eigenvalue weighted by molar-refractivity contribution is -0.384. The third kappa shape index (κ3) is 3.08. The summed E-state index contributed by atoms with van der Waals surface area (Å²) < 4.78 is 1.31. The summed E-state index contributed by atoms with van der Waals surface area (Å²) in [6, 6.07) is 4.16. The highest BCUT2D eigenvalue weighted by atomic mass is 16.6. The molecule has 10 heteroatoms. The van der Waals surface area contributed by atoms with Crippen LogP contribution in [-0.4, -0.2) is 20.5 Å². The quantitative estimate of drug-likeness (QED) is 0.548. The van der Waals surface area contributed by atoms with Gasteiger partial charge < -0.3 is 5.32 Å². The predicted octanol–water partition coefficient (Wildman–Crippen LogP) is 1.47. The van der Waals surface area contributed by atoms with Gasteiger partial charge in [-0.25, -0.2) is 9.59 Å². The van der Waals surface area contributed by atoms with Crippen LogP contribution in [0.4, 0.5) is 16.3 Å². The van der Waals surface area contributed by atoms with Gasteiger partial charge in [0.2, 0.25) is 0 Å². The van der Waals surface area contributed by atoms with Gasteiger partial charge in [0.25, 0.3) is 11.2 Å². The maximum Gasteiger partial charge on any atom is 0.329 e. The van der Waals surface area contributed by atoms with Gasteiger partial charge in [0.1, 0.15) is 5.82 Å². The largest absolute Gasteiger partial charge is 0.329 e. The molecule has 0 saturated carbocycles. The summed E-state index contributed by atoms with van der Waals surface area (Å²) in [5, 5.41) is 16.1. The molecule has 10 nitrogen and oxygen atoms in total. The Hall–Kier alpha value is -3.43. The first-order valence-electron chi connectivity index (χ1n) is 8.11. The molecule has 1 aromatic carbocycles. The number of nitro groups is 1. The van der Waals surface area contributed by atoms with Crippen molar-refractivity contribution in [2.45, 2.75) is 32.4 Å². The van der Waals surface area contributed by atoms with E-state index in [-0.39, 0.29) is 17.1 Å². The molecule has 0 aliphatic carbocycles. The molecule has 1 aromatic heterocycles. The molecule has 1 atom stereocenters. The molecule has 136 valence electrons. The molecule has 26 heavy (non-hydrogen) atoms. The summed E-state index contributed by atoms with van der Waals surface area (Å²) in [5.74, 6) is 0.118. The zero-order valence-electron chi connectivity index (χ0n) is 13.9. The third-order valence-electron chi connectivity index (χ3n) is 4.18. The Bertz CT molecular complexity index is 993. The molecular weight excluding hydrogens is 342 g/mol. The van der Waals surface area contributed by atoms with Gasteiger partial charge in [-0.05, 0) is 12.0 Å². The molecular formula is C16H17N5O5. The summed E-state index contributed by atoms with van der Waals surface area (Å²) in [4.78, 5) is 49.4. The fraction of sp³-hybridized carbons (Fsp3) is 0.312. The highest BCUT2D eigenvalue weighted by molar-refractivity contribution is 5.92. The monoisotopic (exact) mass is 359 g/mol. The summed E-state index contributed by atoms with van der Waals surface area (Å²) in [6.07, 6.45) is 1.50. The van der Waals surface area contributed by atoms with Crippen LogP contribution in [0, 0.1) is 10.1 Å². The maximum atomic E-state index is 12.4. The first kappa shape index (κ1) is 17.4. The van der Waals surface area contributed by atoms with Crippen LogP contribution in [0.15, 0.2) is 33.9 Å². The van der Waals surface area contributed by atoms with Gasteiger partial charge in [-0.15, -0.1) is 0 Å². The van der Waals surface area contributed by atoms with Crippen molar-refractivity contribution in [3.05, 3.63) is 66.3 Å². The van der Waals surface area contributed by atoms with Crippen LogP contribution in [0.2, 0.25) is 0 Å². The van der Waals surface area contributed by atoms with E-state index in [1.807, 2.05) is 6.92 Å². The van der Waals surface area contributed by atoms with E-state index >= 15 is 0 Å². The number of amides is 2. The highest BCUT2D eigenvalue weighted by Gasteiger charge is 2.32. The molecule has 1 aliphatic heterocycles. The number of hydrogen-bond donors (Lipinski definition) is 3. The SMILES string of the molecule is CCCCn1c2c(c(=O)[nH]c1=O)C(c1cccc([N+](=O)[O-])c1)NC(=O)N2. The Balaban J connectivity index is 2.19. The second-order valence-electron chi connectivity index (χ2n) is 5.91. The first-order chi connectivity index (χ1) is 12.4. The summed E-state index contributed by atoms with van der Waals surface area (Å²) >= 11 is 0. The number of nitrogens with one attached hydrogen (secondary N) is 3. The van der Waals surface area contributed by atoms with Crippen molar-refractivity contribution < 1.29 is 9.72 Å². The van der Waals surface area contributed by atoms with Crippen LogP contribution in [0.1, 0.15) is 36.9 Å². The number of nitro benzene ring substituents is 1. The maximum absolute atomic E-state index is 12.4. The summed E-state index contributed by atoms with van der Waals surface area (Å²) in [6.45, 7) is 2.28. The Morgan fingerprint density at radius 3 is 2.73 bits per heavy atom. The number of aromatic amines is 1. The van der Waals surface area contributed by atoms with Crippen LogP contribution >= 0.6 is 0 Å². The van der Waals surface area contributed by atoms with Crippen molar-refractivity contribution in [1.82, 2.24) is 14.9 Å². The standard InChI is InChI=1S/C16H17N5O5/c1-2-3-7-20-13-11(14(22)19-16(20)24)12(17-15(23)18-13)9-5-4-6-10(8-9)21(25)26/h4-6,8,12H,2-3,7H2,1H3,(H2,17,18,23)(H,19,22,24). The van der Waals surface area contributed by atoms with Crippen molar-refractivity contribution in [2.24, 2.45) is 0 Å². The lowest BCUT2D eigenvalue weighted by atomic mass is 9.98. The molecule has 1 unspecified atom stereocenters. The van der Waals surface area contributed by atoms with Crippen molar-refractivity contribution in [3.8, 4) is 0 Å². The Kier molecular flexibility index (Phi) is 4.57. The van der Waals surface area contributed by atoms with E-state index in [1.54, 1.807) is 6.07 Å². The van der Waals surface area contributed by atoms with E-state index in [4.69, 9.17) is 0 Å². The molecule has 0 fully saturated rings. The number of non-ortho nitro benzene ring substituents is 1. The Morgan fingerprint density at radius 2 is 2.04 bits per heavy atom. The van der Waals surface area contributed by atoms with Crippen molar-refractivity contribution in [1.29, 1.82) is 0 Å². The molecule has 1 aliphatic rings. The molecule has 0 bridgehead atoms. The minimum atomic E-state index is -0.907. The Morgan fingerprint density at radius 1 is 1.27 bits per heavy atom. The van der Waals surface area contributed by atoms with Gasteiger partial charge in [-0.1, -0.05) is 25.5 Å². The van der Waals surface area contributed by atoms with Crippen molar-refractivity contribution in [2.75, 3.05) is 5.32 Å². The number of anilines is 1. The molecule has 0 spiro atoms. The number of carbonyl (C=O) groups is 1. The number of H-pyrrole nitrogens is 1. The number of rotatable bonds is 5. The molecule has 3 rings (SSSR count). The molecule has 2 amide bonds. The second kappa shape index (κ2) is 6.82. The fourth-order valence-corrected chi connectivity index (χ4v) is 2.93. The van der Waals surface area contributed by atoms with Crippen LogP contribution in [0.3, 0.4) is 0 Å². The van der Waals surface area contributed by atoms with E-state index in [0.717, 1.165) is 6.42 Å². The fourth-order valence-electron chi connectivity index (χ4n) is 2.93. The van der Waals surface area contributed by atoms with E-state index < -0.39 is 28.2 Å². The first-order valence-corrected chi connectivity index (χ1v) is 8.11. The van der Waals surface area contributed by atoms with E-state index in [1.165, 1.54) is 22.8 Å². The lowest BCUT2D eigenvalue weighted by Gasteiger charge is -2.28. The topological polar surface area (TPSA) is 139 Å². The Labute approximate surface area is 147 Å². The number of unbranched alkanes of at least 4 members (excludes halogenated alkanes) is 1. The predicted molar refractivity (Wildman–Crippen MR) is 93.3 cm³/mol. The average Bonchev–Trinajstić information content (AvgIpc) is 2.60. The number of carbonyl (C=O) groups excluding carboxylic acids is 1. The van der Waals surface area contributed by atoms with E-state index in [0.29, 0.717) is 18.5 Å². The number of hydrogen-bond acceptors (Lipinski definition) is 5. The smallest absolute Gasteiger partial charge is 0.327 e. The third-order valence-corrected chi connectivity index (χ3v) is 4.18. The molecule has 2 aromatic rings. The molecule has 0 radical (unpaired) electrons. The van der Waals surface area contributed by atoms with Gasteiger partial charge in [0.05, 0.1) is 16.5 Å². The van der Waals surface area contributed by atoms with Crippen LogP contribution in [0.5, 0.6) is 0 Å². The van der Waals surface area contributed by atoms with Gasteiger partial charge in [-0.3, -0.25) is 29.8 Å². The van der Waals surface area contributed by atoms with Gasteiger partial charge in [0, 0.05) is 18.7 Å². The van der Waals surface area contributed by atoms with E-state index in [9.17, 15) is 24.5 Å². The number of nitrogens with zero attached hydrogens (tertiary/aromatic N) is 2. The number of fused-ring (bicyclic) bond motifs is 1. The molecule has 0 saturated heterocycles. The molecule has 3 N–H and O–H groups in total. The number of aromatic nitrogens is 2.